The van der Waals surface area contributed by atoms with E-state index < -0.39 is 0 Å². The number of aryl methyl sites for hydroxylation is 1. The van der Waals surface area contributed by atoms with Gasteiger partial charge in [0.25, 0.3) is 0 Å². The summed E-state index contributed by atoms with van der Waals surface area (Å²) in [6.07, 6.45) is 3.06. The summed E-state index contributed by atoms with van der Waals surface area (Å²) in [5, 5.41) is 4.50. The molecule has 1 atom stereocenters. The second-order valence-electron chi connectivity index (χ2n) is 5.85. The minimum atomic E-state index is 0.0153. The van der Waals surface area contributed by atoms with Gasteiger partial charge in [-0.2, -0.15) is 0 Å². The number of nitrogen functional groups attached to an aromatic ring is 1. The molecular formula is C16H21N3S. The van der Waals surface area contributed by atoms with Crippen molar-refractivity contribution in [3.05, 3.63) is 46.5 Å². The highest BCUT2D eigenvalue weighted by molar-refractivity contribution is 7.15. The Morgan fingerprint density at radius 1 is 1.30 bits per heavy atom. The summed E-state index contributed by atoms with van der Waals surface area (Å²) in [6.45, 7) is 4.42. The number of thiazole rings is 1. The average molecular weight is 287 g/mol. The molecule has 3 nitrogen and oxygen atoms in total. The standard InChI is InChI=1S/C16H21N3S/c1-11(2)19-16(12-6-4-3-5-7-12)9-8-13-14(10-16)20-15(17)18-13/h3-7,11,19H,8-10H2,1-2H3,(H2,17,18). The van der Waals surface area contributed by atoms with Gasteiger partial charge in [-0.3, -0.25) is 0 Å². The van der Waals surface area contributed by atoms with Gasteiger partial charge in [0.05, 0.1) is 5.69 Å². The second kappa shape index (κ2) is 5.19. The van der Waals surface area contributed by atoms with E-state index in [4.69, 9.17) is 5.73 Å². The Kier molecular flexibility index (Phi) is 3.52. The summed E-state index contributed by atoms with van der Waals surface area (Å²) < 4.78 is 0. The SMILES string of the molecule is CC(C)NC1(c2ccccc2)CCc2nc(N)sc2C1. The Hall–Kier alpha value is -1.39. The van der Waals surface area contributed by atoms with Crippen molar-refractivity contribution < 1.29 is 0 Å². The van der Waals surface area contributed by atoms with Crippen molar-refractivity contribution in [2.45, 2.75) is 44.7 Å². The van der Waals surface area contributed by atoms with Crippen molar-refractivity contribution >= 4 is 16.5 Å². The first-order valence-electron chi connectivity index (χ1n) is 7.16. The topological polar surface area (TPSA) is 50.9 Å². The highest BCUT2D eigenvalue weighted by atomic mass is 32.1. The highest BCUT2D eigenvalue weighted by Crippen LogP contribution is 2.39. The first-order chi connectivity index (χ1) is 9.59. The molecule has 1 heterocycles. The summed E-state index contributed by atoms with van der Waals surface area (Å²) in [4.78, 5) is 5.80. The number of anilines is 1. The third kappa shape index (κ3) is 2.45. The maximum Gasteiger partial charge on any atom is 0.180 e. The second-order valence-corrected chi connectivity index (χ2v) is 6.96. The summed E-state index contributed by atoms with van der Waals surface area (Å²) >= 11 is 1.64. The predicted octanol–water partition coefficient (Wildman–Crippen LogP) is 3.11. The van der Waals surface area contributed by atoms with Crippen molar-refractivity contribution in [1.29, 1.82) is 0 Å². The number of rotatable bonds is 3. The number of benzene rings is 1. The molecule has 106 valence electrons. The predicted molar refractivity (Wildman–Crippen MR) is 84.9 cm³/mol. The molecule has 0 saturated carbocycles. The van der Waals surface area contributed by atoms with Crippen molar-refractivity contribution in [3.8, 4) is 0 Å². The molecule has 0 bridgehead atoms. The Morgan fingerprint density at radius 3 is 2.75 bits per heavy atom. The molecule has 4 heteroatoms. The molecule has 2 aromatic rings. The van der Waals surface area contributed by atoms with E-state index in [1.807, 2.05) is 0 Å². The number of aromatic nitrogens is 1. The zero-order valence-electron chi connectivity index (χ0n) is 12.0. The van der Waals surface area contributed by atoms with Gasteiger partial charge in [-0.1, -0.05) is 44.2 Å². The summed E-state index contributed by atoms with van der Waals surface area (Å²) in [5.74, 6) is 0. The van der Waals surface area contributed by atoms with Gasteiger partial charge in [0, 0.05) is 22.9 Å². The van der Waals surface area contributed by atoms with E-state index >= 15 is 0 Å². The normalized spacial score (nSPS) is 21.9. The fourth-order valence-corrected chi connectivity index (χ4v) is 4.19. The largest absolute Gasteiger partial charge is 0.375 e. The first kappa shape index (κ1) is 13.6. The van der Waals surface area contributed by atoms with Crippen LogP contribution in [-0.2, 0) is 18.4 Å². The smallest absolute Gasteiger partial charge is 0.180 e. The fourth-order valence-electron chi connectivity index (χ4n) is 3.19. The van der Waals surface area contributed by atoms with Crippen LogP contribution in [0.25, 0.3) is 0 Å². The molecule has 3 rings (SSSR count). The number of nitrogens with one attached hydrogen (secondary N) is 1. The zero-order valence-corrected chi connectivity index (χ0v) is 12.8. The fraction of sp³-hybridized carbons (Fsp3) is 0.438. The average Bonchev–Trinajstić information content (AvgIpc) is 2.78. The van der Waals surface area contributed by atoms with Crippen molar-refractivity contribution in [2.75, 3.05) is 5.73 Å². The minimum absolute atomic E-state index is 0.0153. The van der Waals surface area contributed by atoms with E-state index in [0.29, 0.717) is 11.2 Å². The van der Waals surface area contributed by atoms with Crippen LogP contribution in [0.3, 0.4) is 0 Å². The maximum atomic E-state index is 5.87. The Labute approximate surface area is 124 Å². The highest BCUT2D eigenvalue weighted by Gasteiger charge is 2.37. The molecule has 20 heavy (non-hydrogen) atoms. The lowest BCUT2D eigenvalue weighted by Crippen LogP contribution is -2.49. The Bertz CT molecular complexity index is 591. The Morgan fingerprint density at radius 2 is 2.05 bits per heavy atom. The van der Waals surface area contributed by atoms with Gasteiger partial charge in [-0.25, -0.2) is 4.98 Å². The third-order valence-electron chi connectivity index (χ3n) is 3.94. The van der Waals surface area contributed by atoms with Crippen LogP contribution < -0.4 is 11.1 Å². The van der Waals surface area contributed by atoms with Gasteiger partial charge in [-0.15, -0.1) is 11.3 Å². The minimum Gasteiger partial charge on any atom is -0.375 e. The van der Waals surface area contributed by atoms with Crippen LogP contribution in [-0.4, -0.2) is 11.0 Å². The number of hydrogen-bond acceptors (Lipinski definition) is 4. The van der Waals surface area contributed by atoms with E-state index in [1.165, 1.54) is 16.1 Å². The van der Waals surface area contributed by atoms with Crippen LogP contribution in [0.15, 0.2) is 30.3 Å². The van der Waals surface area contributed by atoms with Crippen molar-refractivity contribution in [2.24, 2.45) is 0 Å². The van der Waals surface area contributed by atoms with E-state index in [0.717, 1.165) is 19.3 Å². The number of nitrogens with two attached hydrogens (primary N) is 1. The lowest BCUT2D eigenvalue weighted by molar-refractivity contribution is 0.269. The van der Waals surface area contributed by atoms with E-state index in [-0.39, 0.29) is 5.54 Å². The quantitative estimate of drug-likeness (QED) is 0.912. The van der Waals surface area contributed by atoms with Crippen molar-refractivity contribution in [1.82, 2.24) is 10.3 Å². The Balaban J connectivity index is 2.00. The van der Waals surface area contributed by atoms with Crippen LogP contribution in [0.5, 0.6) is 0 Å². The van der Waals surface area contributed by atoms with E-state index in [1.54, 1.807) is 11.3 Å². The lowest BCUT2D eigenvalue weighted by atomic mass is 9.77. The van der Waals surface area contributed by atoms with E-state index in [2.05, 4.69) is 54.5 Å². The molecule has 0 radical (unpaired) electrons. The molecule has 1 unspecified atom stereocenters. The van der Waals surface area contributed by atoms with Gasteiger partial charge in [0.1, 0.15) is 0 Å². The molecule has 1 aromatic carbocycles. The van der Waals surface area contributed by atoms with Gasteiger partial charge in [-0.05, 0) is 18.4 Å². The zero-order chi connectivity index (χ0) is 14.2. The molecule has 0 saturated heterocycles. The molecule has 0 aliphatic heterocycles. The van der Waals surface area contributed by atoms with E-state index in [9.17, 15) is 0 Å². The van der Waals surface area contributed by atoms with Gasteiger partial charge >= 0.3 is 0 Å². The molecule has 0 fully saturated rings. The van der Waals surface area contributed by atoms with Crippen LogP contribution in [0.4, 0.5) is 5.13 Å². The van der Waals surface area contributed by atoms with Gasteiger partial charge in [0.2, 0.25) is 0 Å². The number of nitrogens with zero attached hydrogens (tertiary/aromatic N) is 1. The molecular weight excluding hydrogens is 266 g/mol. The van der Waals surface area contributed by atoms with Crippen LogP contribution in [0, 0.1) is 0 Å². The monoisotopic (exact) mass is 287 g/mol. The molecule has 1 aliphatic carbocycles. The van der Waals surface area contributed by atoms with Crippen LogP contribution >= 0.6 is 11.3 Å². The van der Waals surface area contributed by atoms with Gasteiger partial charge in [0.15, 0.2) is 5.13 Å². The lowest BCUT2D eigenvalue weighted by Gasteiger charge is -2.40. The molecule has 0 amide bonds. The molecule has 1 aliphatic rings. The van der Waals surface area contributed by atoms with Crippen LogP contribution in [0.2, 0.25) is 0 Å². The molecule has 0 spiro atoms. The first-order valence-corrected chi connectivity index (χ1v) is 7.98. The molecule has 3 N–H and O–H groups in total. The summed E-state index contributed by atoms with van der Waals surface area (Å²) in [5.41, 5.74) is 8.45. The number of fused-ring (bicyclic) bond motifs is 1. The van der Waals surface area contributed by atoms with Gasteiger partial charge < -0.3 is 11.1 Å². The number of hydrogen-bond donors (Lipinski definition) is 2. The van der Waals surface area contributed by atoms with Crippen LogP contribution in [0.1, 0.15) is 36.4 Å². The van der Waals surface area contributed by atoms with Crippen molar-refractivity contribution in [3.63, 3.8) is 0 Å². The maximum absolute atomic E-state index is 5.87. The summed E-state index contributed by atoms with van der Waals surface area (Å²) in [6, 6.07) is 11.2. The third-order valence-corrected chi connectivity index (χ3v) is 4.86. The summed E-state index contributed by atoms with van der Waals surface area (Å²) in [7, 11) is 0. The molecule has 1 aromatic heterocycles.